The molecule has 0 unspecified atom stereocenters. The molecule has 1 aromatic rings. The number of aliphatic hydroxyl groups is 1. The summed E-state index contributed by atoms with van der Waals surface area (Å²) in [5, 5.41) is 14.8. The van der Waals surface area contributed by atoms with E-state index in [1.807, 2.05) is 24.3 Å². The Morgan fingerprint density at radius 1 is 1.44 bits per heavy atom. The molecule has 0 aromatic heterocycles. The fraction of sp³-hybridized carbons (Fsp3) is 0.500. The average molecular weight is 248 g/mol. The van der Waals surface area contributed by atoms with Crippen molar-refractivity contribution in [1.82, 2.24) is 5.32 Å². The van der Waals surface area contributed by atoms with Gasteiger partial charge in [0.25, 0.3) is 0 Å². The highest BCUT2D eigenvalue weighted by Gasteiger charge is 2.42. The van der Waals surface area contributed by atoms with Gasteiger partial charge in [-0.05, 0) is 37.0 Å². The first kappa shape index (κ1) is 12.9. The molecule has 1 aliphatic rings. The van der Waals surface area contributed by atoms with E-state index >= 15 is 0 Å². The Bertz CT molecular complexity index is 428. The largest absolute Gasteiger partial charge is 0.396 e. The van der Waals surface area contributed by atoms with Gasteiger partial charge in [0.1, 0.15) is 0 Å². The number of rotatable bonds is 5. The second-order valence-corrected chi connectivity index (χ2v) is 5.02. The van der Waals surface area contributed by atoms with E-state index in [0.29, 0.717) is 6.54 Å². The number of amides is 2. The molecule has 0 saturated heterocycles. The fourth-order valence-corrected chi connectivity index (χ4v) is 1.88. The molecule has 1 fully saturated rings. The van der Waals surface area contributed by atoms with Crippen molar-refractivity contribution in [1.29, 1.82) is 0 Å². The van der Waals surface area contributed by atoms with Crippen LogP contribution in [0.15, 0.2) is 24.3 Å². The predicted molar refractivity (Wildman–Crippen MR) is 71.6 cm³/mol. The van der Waals surface area contributed by atoms with Crippen molar-refractivity contribution in [3.8, 4) is 0 Å². The third-order valence-electron chi connectivity index (χ3n) is 3.51. The van der Waals surface area contributed by atoms with Crippen LogP contribution in [0.5, 0.6) is 0 Å². The van der Waals surface area contributed by atoms with Gasteiger partial charge in [-0.1, -0.05) is 19.1 Å². The Kier molecular flexibility index (Phi) is 3.87. The quantitative estimate of drug-likeness (QED) is 0.747. The highest BCUT2D eigenvalue weighted by Crippen LogP contribution is 2.44. The third-order valence-corrected chi connectivity index (χ3v) is 3.51. The lowest BCUT2D eigenvalue weighted by Gasteiger charge is -2.13. The Morgan fingerprint density at radius 2 is 2.22 bits per heavy atom. The second-order valence-electron chi connectivity index (χ2n) is 5.02. The second kappa shape index (κ2) is 5.40. The van der Waals surface area contributed by atoms with Crippen molar-refractivity contribution in [3.05, 3.63) is 29.8 Å². The molecule has 2 rings (SSSR count). The van der Waals surface area contributed by atoms with Gasteiger partial charge in [-0.25, -0.2) is 4.79 Å². The number of urea groups is 1. The van der Waals surface area contributed by atoms with Crippen molar-refractivity contribution < 1.29 is 9.90 Å². The summed E-state index contributed by atoms with van der Waals surface area (Å²) in [6.45, 7) is 2.78. The smallest absolute Gasteiger partial charge is 0.319 e. The zero-order chi connectivity index (χ0) is 13.0. The molecule has 4 nitrogen and oxygen atoms in total. The minimum absolute atomic E-state index is 0.0530. The molecule has 2 amide bonds. The van der Waals surface area contributed by atoms with E-state index in [9.17, 15) is 4.79 Å². The molecule has 1 aliphatic carbocycles. The van der Waals surface area contributed by atoms with E-state index in [1.54, 1.807) is 0 Å². The van der Waals surface area contributed by atoms with Gasteiger partial charge in [0.15, 0.2) is 0 Å². The molecule has 98 valence electrons. The summed E-state index contributed by atoms with van der Waals surface area (Å²) in [7, 11) is 0. The number of carbonyl (C=O) groups excluding carboxylic acids is 1. The van der Waals surface area contributed by atoms with Gasteiger partial charge in [-0.2, -0.15) is 0 Å². The van der Waals surface area contributed by atoms with Crippen LogP contribution in [0.1, 0.15) is 25.3 Å². The summed E-state index contributed by atoms with van der Waals surface area (Å²) in [6, 6.07) is 7.61. The first-order chi connectivity index (χ1) is 8.67. The lowest BCUT2D eigenvalue weighted by molar-refractivity contribution is 0.206. The molecule has 0 spiro atoms. The molecular weight excluding hydrogens is 228 g/mol. The van der Waals surface area contributed by atoms with Gasteiger partial charge in [0, 0.05) is 17.6 Å². The standard InChI is InChI=1S/C14H20N2O2/c1-2-11-4-3-5-12(8-11)16-13(18)15-9-14(10-17)6-7-14/h3-5,8,17H,2,6-7,9-10H2,1H3,(H2,15,16,18). The van der Waals surface area contributed by atoms with Crippen molar-refractivity contribution in [3.63, 3.8) is 0 Å². The van der Waals surface area contributed by atoms with Crippen LogP contribution in [-0.2, 0) is 6.42 Å². The van der Waals surface area contributed by atoms with E-state index in [4.69, 9.17) is 5.11 Å². The molecular formula is C14H20N2O2. The van der Waals surface area contributed by atoms with Crippen molar-refractivity contribution in [2.24, 2.45) is 5.41 Å². The third kappa shape index (κ3) is 3.23. The molecule has 0 radical (unpaired) electrons. The van der Waals surface area contributed by atoms with E-state index < -0.39 is 0 Å². The SMILES string of the molecule is CCc1cccc(NC(=O)NCC2(CO)CC2)c1. The minimum atomic E-state index is -0.206. The Morgan fingerprint density at radius 3 is 2.83 bits per heavy atom. The van der Waals surface area contributed by atoms with Gasteiger partial charge in [-0.3, -0.25) is 0 Å². The van der Waals surface area contributed by atoms with Crippen LogP contribution in [0.25, 0.3) is 0 Å². The summed E-state index contributed by atoms with van der Waals surface area (Å²) >= 11 is 0. The molecule has 3 N–H and O–H groups in total. The average Bonchev–Trinajstić information content (AvgIpc) is 3.17. The Balaban J connectivity index is 1.83. The maximum absolute atomic E-state index is 11.7. The van der Waals surface area contributed by atoms with Crippen molar-refractivity contribution in [2.75, 3.05) is 18.5 Å². The molecule has 0 atom stereocenters. The topological polar surface area (TPSA) is 61.4 Å². The van der Waals surface area contributed by atoms with E-state index in [-0.39, 0.29) is 18.1 Å². The lowest BCUT2D eigenvalue weighted by Crippen LogP contribution is -2.35. The minimum Gasteiger partial charge on any atom is -0.396 e. The van der Waals surface area contributed by atoms with Crippen LogP contribution in [-0.4, -0.2) is 24.3 Å². The maximum atomic E-state index is 11.7. The van der Waals surface area contributed by atoms with Gasteiger partial charge >= 0.3 is 6.03 Å². The summed E-state index contributed by atoms with van der Waals surface area (Å²) in [4.78, 5) is 11.7. The van der Waals surface area contributed by atoms with Crippen LogP contribution < -0.4 is 10.6 Å². The Hall–Kier alpha value is -1.55. The number of hydrogen-bond acceptors (Lipinski definition) is 2. The van der Waals surface area contributed by atoms with Crippen LogP contribution >= 0.6 is 0 Å². The number of benzene rings is 1. The fourth-order valence-electron chi connectivity index (χ4n) is 1.88. The first-order valence-electron chi connectivity index (χ1n) is 6.42. The molecule has 1 aromatic carbocycles. The van der Waals surface area contributed by atoms with Crippen LogP contribution in [0.4, 0.5) is 10.5 Å². The van der Waals surface area contributed by atoms with E-state index in [2.05, 4.69) is 17.6 Å². The molecule has 4 heteroatoms. The zero-order valence-corrected chi connectivity index (χ0v) is 10.7. The van der Waals surface area contributed by atoms with Crippen molar-refractivity contribution in [2.45, 2.75) is 26.2 Å². The monoisotopic (exact) mass is 248 g/mol. The normalized spacial score (nSPS) is 16.1. The first-order valence-corrected chi connectivity index (χ1v) is 6.42. The van der Waals surface area contributed by atoms with Gasteiger partial charge in [0.2, 0.25) is 0 Å². The highest BCUT2D eigenvalue weighted by atomic mass is 16.3. The summed E-state index contributed by atoms with van der Waals surface area (Å²) in [5.74, 6) is 0. The predicted octanol–water partition coefficient (Wildman–Crippen LogP) is 2.14. The molecule has 0 aliphatic heterocycles. The van der Waals surface area contributed by atoms with E-state index in [0.717, 1.165) is 24.9 Å². The number of aryl methyl sites for hydroxylation is 1. The number of carbonyl (C=O) groups is 1. The summed E-state index contributed by atoms with van der Waals surface area (Å²) in [5.41, 5.74) is 1.95. The summed E-state index contributed by atoms with van der Waals surface area (Å²) in [6.07, 6.45) is 2.94. The lowest BCUT2D eigenvalue weighted by atomic mass is 10.1. The highest BCUT2D eigenvalue weighted by molar-refractivity contribution is 5.89. The number of hydrogen-bond donors (Lipinski definition) is 3. The van der Waals surface area contributed by atoms with Crippen LogP contribution in [0.3, 0.4) is 0 Å². The van der Waals surface area contributed by atoms with E-state index in [1.165, 1.54) is 5.56 Å². The zero-order valence-electron chi connectivity index (χ0n) is 10.7. The molecule has 18 heavy (non-hydrogen) atoms. The Labute approximate surface area is 107 Å². The number of anilines is 1. The number of aliphatic hydroxyl groups excluding tert-OH is 1. The maximum Gasteiger partial charge on any atom is 0.319 e. The molecule has 0 bridgehead atoms. The van der Waals surface area contributed by atoms with Crippen LogP contribution in [0, 0.1) is 5.41 Å². The number of nitrogens with one attached hydrogen (secondary N) is 2. The van der Waals surface area contributed by atoms with Gasteiger partial charge in [-0.15, -0.1) is 0 Å². The molecule has 1 saturated carbocycles. The van der Waals surface area contributed by atoms with Crippen molar-refractivity contribution >= 4 is 11.7 Å². The molecule has 0 heterocycles. The van der Waals surface area contributed by atoms with Gasteiger partial charge < -0.3 is 15.7 Å². The van der Waals surface area contributed by atoms with Gasteiger partial charge in [0.05, 0.1) is 6.61 Å². The van der Waals surface area contributed by atoms with Crippen LogP contribution in [0.2, 0.25) is 0 Å². The summed E-state index contributed by atoms with van der Waals surface area (Å²) < 4.78 is 0.